The van der Waals surface area contributed by atoms with Crippen LogP contribution in [0.25, 0.3) is 11.4 Å². The molecule has 174 valence electrons. The largest absolute Gasteiger partial charge is 0.494 e. The Kier molecular flexibility index (Phi) is 7.29. The predicted molar refractivity (Wildman–Crippen MR) is 123 cm³/mol. The van der Waals surface area contributed by atoms with Crippen molar-refractivity contribution in [3.8, 4) is 17.1 Å². The summed E-state index contributed by atoms with van der Waals surface area (Å²) in [6.45, 7) is 5.41. The highest BCUT2D eigenvalue weighted by Gasteiger charge is 2.21. The van der Waals surface area contributed by atoms with Crippen molar-refractivity contribution >= 4 is 5.91 Å². The molecular formula is C24H30N6O3. The average Bonchev–Trinajstić information content (AvgIpc) is 3.28. The Bertz CT molecular complexity index is 1090. The molecule has 0 atom stereocenters. The molecule has 2 aromatic heterocycles. The van der Waals surface area contributed by atoms with E-state index in [0.717, 1.165) is 37.0 Å². The smallest absolute Gasteiger partial charge is 0.270 e. The molecule has 1 fully saturated rings. The summed E-state index contributed by atoms with van der Waals surface area (Å²) in [7, 11) is 0. The summed E-state index contributed by atoms with van der Waals surface area (Å²) in [5.41, 5.74) is 2.66. The van der Waals surface area contributed by atoms with E-state index in [-0.39, 0.29) is 12.0 Å². The molecule has 9 nitrogen and oxygen atoms in total. The summed E-state index contributed by atoms with van der Waals surface area (Å²) in [5.74, 6) is 1.42. The second-order valence-corrected chi connectivity index (χ2v) is 8.49. The number of carbonyl (C=O) groups is 1. The topological polar surface area (TPSA) is 115 Å². The van der Waals surface area contributed by atoms with Gasteiger partial charge in [-0.15, -0.1) is 10.2 Å². The second kappa shape index (κ2) is 10.5. The number of ether oxygens (including phenoxy) is 1. The van der Waals surface area contributed by atoms with Crippen LogP contribution in [0.4, 0.5) is 0 Å². The number of pyridine rings is 1. The maximum Gasteiger partial charge on any atom is 0.270 e. The van der Waals surface area contributed by atoms with Gasteiger partial charge < -0.3 is 15.2 Å². The zero-order valence-corrected chi connectivity index (χ0v) is 19.1. The lowest BCUT2D eigenvalue weighted by molar-refractivity contribution is 0.0945. The van der Waals surface area contributed by atoms with Crippen LogP contribution in [0, 0.1) is 12.8 Å². The third kappa shape index (κ3) is 6.13. The fourth-order valence-corrected chi connectivity index (χ4v) is 4.09. The van der Waals surface area contributed by atoms with Crippen LogP contribution in [0.1, 0.15) is 54.4 Å². The van der Waals surface area contributed by atoms with Gasteiger partial charge in [-0.05, 0) is 80.5 Å². The number of carbonyl (C=O) groups excluding carboxylic acids is 1. The second-order valence-electron chi connectivity index (χ2n) is 8.49. The number of nitrogens with zero attached hydrogens (tertiary/aromatic N) is 5. The molecule has 0 radical (unpaired) electrons. The van der Waals surface area contributed by atoms with E-state index in [2.05, 4.69) is 25.7 Å². The Morgan fingerprint density at radius 1 is 1.21 bits per heavy atom. The third-order valence-corrected chi connectivity index (χ3v) is 5.80. The first kappa shape index (κ1) is 22.8. The van der Waals surface area contributed by atoms with E-state index in [1.54, 1.807) is 10.9 Å². The number of aromatic nitrogens is 5. The van der Waals surface area contributed by atoms with E-state index in [9.17, 15) is 9.90 Å². The molecule has 1 amide bonds. The molecule has 9 heteroatoms. The van der Waals surface area contributed by atoms with Crippen LogP contribution in [-0.4, -0.2) is 48.9 Å². The van der Waals surface area contributed by atoms with Gasteiger partial charge in [0.15, 0.2) is 0 Å². The molecule has 0 aliphatic heterocycles. The van der Waals surface area contributed by atoms with Crippen LogP contribution < -0.4 is 10.1 Å². The van der Waals surface area contributed by atoms with Crippen molar-refractivity contribution < 1.29 is 14.6 Å². The molecule has 0 unspecified atom stereocenters. The van der Waals surface area contributed by atoms with Crippen molar-refractivity contribution in [1.29, 1.82) is 0 Å². The van der Waals surface area contributed by atoms with E-state index in [1.165, 1.54) is 0 Å². The fourth-order valence-electron chi connectivity index (χ4n) is 4.09. The van der Waals surface area contributed by atoms with Crippen molar-refractivity contribution in [3.63, 3.8) is 0 Å². The molecule has 0 saturated heterocycles. The van der Waals surface area contributed by atoms with Gasteiger partial charge in [0, 0.05) is 17.8 Å². The minimum absolute atomic E-state index is 0.182. The predicted octanol–water partition coefficient (Wildman–Crippen LogP) is 2.92. The Hall–Kier alpha value is -3.33. The van der Waals surface area contributed by atoms with Gasteiger partial charge in [0.25, 0.3) is 5.91 Å². The molecule has 0 bridgehead atoms. The molecule has 1 saturated carbocycles. The Labute approximate surface area is 193 Å². The first-order valence-corrected chi connectivity index (χ1v) is 11.4. The third-order valence-electron chi connectivity index (χ3n) is 5.80. The van der Waals surface area contributed by atoms with Gasteiger partial charge in [0.05, 0.1) is 19.3 Å². The van der Waals surface area contributed by atoms with E-state index < -0.39 is 0 Å². The van der Waals surface area contributed by atoms with E-state index >= 15 is 0 Å². The molecule has 0 spiro atoms. The zero-order valence-electron chi connectivity index (χ0n) is 19.1. The number of nitrogens with one attached hydrogen (secondary N) is 1. The lowest BCUT2D eigenvalue weighted by atomic mass is 9.88. The Morgan fingerprint density at radius 3 is 2.82 bits per heavy atom. The van der Waals surface area contributed by atoms with Crippen molar-refractivity contribution in [1.82, 2.24) is 30.5 Å². The lowest BCUT2D eigenvalue weighted by Gasteiger charge is -2.24. The molecule has 2 N–H and O–H groups in total. The number of tetrazole rings is 1. The number of hydrogen-bond donors (Lipinski definition) is 2. The fraction of sp³-hybridized carbons (Fsp3) is 0.458. The summed E-state index contributed by atoms with van der Waals surface area (Å²) in [6, 6.07) is 11.2. The molecule has 4 rings (SSSR count). The molecular weight excluding hydrogens is 420 g/mol. The molecule has 1 aromatic carbocycles. The highest BCUT2D eigenvalue weighted by Crippen LogP contribution is 2.25. The maximum absolute atomic E-state index is 12.8. The van der Waals surface area contributed by atoms with Crippen molar-refractivity contribution in [2.24, 2.45) is 5.92 Å². The number of rotatable bonds is 8. The average molecular weight is 451 g/mol. The number of aliphatic hydroxyl groups excluding tert-OH is 1. The van der Waals surface area contributed by atoms with Crippen molar-refractivity contribution in [2.45, 2.75) is 58.7 Å². The summed E-state index contributed by atoms with van der Waals surface area (Å²) in [6.07, 6.45) is 3.39. The van der Waals surface area contributed by atoms with E-state index in [4.69, 9.17) is 4.74 Å². The summed E-state index contributed by atoms with van der Waals surface area (Å²) in [5, 5.41) is 25.5. The van der Waals surface area contributed by atoms with Gasteiger partial charge in [-0.25, -0.2) is 4.98 Å². The van der Waals surface area contributed by atoms with Crippen LogP contribution in [-0.2, 0) is 13.1 Å². The van der Waals surface area contributed by atoms with Crippen LogP contribution in [0.3, 0.4) is 0 Å². The Balaban J connectivity index is 1.41. The molecule has 3 aromatic rings. The maximum atomic E-state index is 12.8. The van der Waals surface area contributed by atoms with Crippen molar-refractivity contribution in [2.75, 3.05) is 6.61 Å². The number of hydrogen-bond acceptors (Lipinski definition) is 7. The van der Waals surface area contributed by atoms with Crippen LogP contribution in [0.2, 0.25) is 0 Å². The standard InChI is InChI=1S/C24H30N6O3/c1-3-33-21-6-4-5-18(12-21)14-25-24(32)22-13-19(11-16(2)26-22)23-27-29-30(28-23)15-17-7-9-20(31)10-8-17/h4-6,11-13,17,20,31H,3,7-10,14-15H2,1-2H3,(H,25,32)/t17-,20-. The molecule has 1 aliphatic rings. The normalized spacial score (nSPS) is 18.2. The highest BCUT2D eigenvalue weighted by molar-refractivity contribution is 5.93. The number of amides is 1. The SMILES string of the molecule is CCOc1cccc(CNC(=O)c2cc(-c3nnn(C[C@H]4CC[C@H](O)CC4)n3)cc(C)n2)c1. The number of aryl methyl sites for hydroxylation is 1. The van der Waals surface area contributed by atoms with Gasteiger partial charge >= 0.3 is 0 Å². The van der Waals surface area contributed by atoms with Crippen molar-refractivity contribution in [3.05, 3.63) is 53.3 Å². The summed E-state index contributed by atoms with van der Waals surface area (Å²) in [4.78, 5) is 18.8. The zero-order chi connectivity index (χ0) is 23.2. The van der Waals surface area contributed by atoms with E-state index in [1.807, 2.05) is 44.2 Å². The highest BCUT2D eigenvalue weighted by atomic mass is 16.5. The van der Waals surface area contributed by atoms with Crippen LogP contribution in [0.5, 0.6) is 5.75 Å². The van der Waals surface area contributed by atoms with E-state index in [0.29, 0.717) is 48.4 Å². The summed E-state index contributed by atoms with van der Waals surface area (Å²) >= 11 is 0. The number of benzene rings is 1. The van der Waals surface area contributed by atoms with Crippen LogP contribution in [0.15, 0.2) is 36.4 Å². The van der Waals surface area contributed by atoms with Gasteiger partial charge in [-0.3, -0.25) is 4.79 Å². The molecule has 1 aliphatic carbocycles. The lowest BCUT2D eigenvalue weighted by Crippen LogP contribution is -2.24. The van der Waals surface area contributed by atoms with Gasteiger partial charge in [-0.1, -0.05) is 12.1 Å². The number of aliphatic hydroxyl groups is 1. The van der Waals surface area contributed by atoms with Gasteiger partial charge in [0.1, 0.15) is 11.4 Å². The quantitative estimate of drug-likeness (QED) is 0.542. The van der Waals surface area contributed by atoms with Gasteiger partial charge in [-0.2, -0.15) is 4.80 Å². The Morgan fingerprint density at radius 2 is 2.03 bits per heavy atom. The minimum Gasteiger partial charge on any atom is -0.494 e. The minimum atomic E-state index is -0.269. The first-order chi connectivity index (χ1) is 16.0. The monoisotopic (exact) mass is 450 g/mol. The summed E-state index contributed by atoms with van der Waals surface area (Å²) < 4.78 is 5.51. The first-order valence-electron chi connectivity index (χ1n) is 11.4. The molecule has 2 heterocycles. The van der Waals surface area contributed by atoms with Gasteiger partial charge in [0.2, 0.25) is 5.82 Å². The van der Waals surface area contributed by atoms with Crippen LogP contribution >= 0.6 is 0 Å². The molecule has 33 heavy (non-hydrogen) atoms.